The Bertz CT molecular complexity index is 495. The number of ether oxygens (including phenoxy) is 1. The van der Waals surface area contributed by atoms with Gasteiger partial charge in [-0.05, 0) is 12.1 Å². The molecule has 2 heterocycles. The fraction of sp³-hybridized carbons (Fsp3) is 0.333. The Morgan fingerprint density at radius 1 is 1.05 bits per heavy atom. The summed E-state index contributed by atoms with van der Waals surface area (Å²) in [6.07, 6.45) is 7.27. The molecule has 0 bridgehead atoms. The zero-order chi connectivity index (χ0) is 12.9. The van der Waals surface area contributed by atoms with Crippen molar-refractivity contribution in [1.29, 1.82) is 0 Å². The van der Waals surface area contributed by atoms with Gasteiger partial charge in [-0.3, -0.25) is 4.98 Å². The van der Waals surface area contributed by atoms with Crippen LogP contribution < -0.4 is 9.64 Å². The Hall–Kier alpha value is -2.10. The van der Waals surface area contributed by atoms with E-state index < -0.39 is 0 Å². The van der Waals surface area contributed by atoms with E-state index in [1.807, 2.05) is 6.07 Å². The van der Waals surface area contributed by atoms with Crippen LogP contribution in [0.1, 0.15) is 12.8 Å². The van der Waals surface area contributed by atoms with Crippen molar-refractivity contribution in [1.82, 2.24) is 9.97 Å². The number of hydrogen-bond acceptors (Lipinski definition) is 4. The minimum atomic E-state index is 0.247. The molecule has 0 radical (unpaired) electrons. The lowest BCUT2D eigenvalue weighted by atomic mass is 10.1. The van der Waals surface area contributed by atoms with Gasteiger partial charge >= 0.3 is 0 Å². The standard InChI is InChI=1S/C15H17N3O/c1-2-4-13(5-3-1)18-10-6-14(7-11-18)19-15-12-16-8-9-17-15/h1-5,8-9,12,14H,6-7,10-11H2. The molecule has 98 valence electrons. The molecule has 0 spiro atoms. The lowest BCUT2D eigenvalue weighted by Gasteiger charge is -2.33. The van der Waals surface area contributed by atoms with Gasteiger partial charge in [-0.2, -0.15) is 0 Å². The number of para-hydroxylation sites is 1. The van der Waals surface area contributed by atoms with Gasteiger partial charge in [-0.25, -0.2) is 4.98 Å². The Kier molecular flexibility index (Phi) is 3.58. The average molecular weight is 255 g/mol. The Labute approximate surface area is 113 Å². The van der Waals surface area contributed by atoms with E-state index in [4.69, 9.17) is 4.74 Å². The maximum atomic E-state index is 5.84. The molecule has 4 nitrogen and oxygen atoms in total. The van der Waals surface area contributed by atoms with E-state index in [0.717, 1.165) is 25.9 Å². The van der Waals surface area contributed by atoms with E-state index in [1.54, 1.807) is 18.6 Å². The normalized spacial score (nSPS) is 16.3. The predicted molar refractivity (Wildman–Crippen MR) is 74.3 cm³/mol. The van der Waals surface area contributed by atoms with Crippen molar-refractivity contribution in [3.63, 3.8) is 0 Å². The van der Waals surface area contributed by atoms with Crippen molar-refractivity contribution in [2.45, 2.75) is 18.9 Å². The number of nitrogens with zero attached hydrogens (tertiary/aromatic N) is 3. The molecule has 2 aromatic rings. The largest absolute Gasteiger partial charge is 0.473 e. The molecule has 1 saturated heterocycles. The summed E-state index contributed by atoms with van der Waals surface area (Å²) in [5, 5.41) is 0. The SMILES string of the molecule is c1ccc(N2CCC(Oc3cnccn3)CC2)cc1. The molecule has 0 amide bonds. The van der Waals surface area contributed by atoms with Crippen LogP contribution in [0.25, 0.3) is 0 Å². The molecule has 0 aliphatic carbocycles. The number of piperidine rings is 1. The second-order valence-electron chi connectivity index (χ2n) is 4.68. The molecule has 0 saturated carbocycles. The van der Waals surface area contributed by atoms with Gasteiger partial charge in [0.2, 0.25) is 5.88 Å². The van der Waals surface area contributed by atoms with Crippen molar-refractivity contribution in [2.75, 3.05) is 18.0 Å². The van der Waals surface area contributed by atoms with Gasteiger partial charge in [-0.1, -0.05) is 18.2 Å². The van der Waals surface area contributed by atoms with Gasteiger partial charge in [0.25, 0.3) is 0 Å². The monoisotopic (exact) mass is 255 g/mol. The molecule has 0 N–H and O–H groups in total. The fourth-order valence-corrected chi connectivity index (χ4v) is 2.39. The minimum Gasteiger partial charge on any atom is -0.473 e. The molecular formula is C15H17N3O. The maximum Gasteiger partial charge on any atom is 0.232 e. The summed E-state index contributed by atoms with van der Waals surface area (Å²) in [5.41, 5.74) is 1.29. The van der Waals surface area contributed by atoms with E-state index in [0.29, 0.717) is 5.88 Å². The highest BCUT2D eigenvalue weighted by Crippen LogP contribution is 2.21. The minimum absolute atomic E-state index is 0.247. The number of benzene rings is 1. The average Bonchev–Trinajstić information content (AvgIpc) is 2.50. The molecule has 19 heavy (non-hydrogen) atoms. The van der Waals surface area contributed by atoms with Gasteiger partial charge in [0.15, 0.2) is 0 Å². The molecule has 1 fully saturated rings. The van der Waals surface area contributed by atoms with Crippen LogP contribution >= 0.6 is 0 Å². The van der Waals surface area contributed by atoms with E-state index in [-0.39, 0.29) is 6.10 Å². The summed E-state index contributed by atoms with van der Waals surface area (Å²) < 4.78 is 5.84. The highest BCUT2D eigenvalue weighted by molar-refractivity contribution is 5.46. The molecule has 3 rings (SSSR count). The first-order valence-electron chi connectivity index (χ1n) is 6.64. The number of rotatable bonds is 3. The molecule has 0 atom stereocenters. The summed E-state index contributed by atoms with van der Waals surface area (Å²) in [6.45, 7) is 2.05. The Morgan fingerprint density at radius 2 is 1.84 bits per heavy atom. The molecule has 1 aliphatic heterocycles. The first-order chi connectivity index (χ1) is 9.42. The first kappa shape index (κ1) is 12.0. The highest BCUT2D eigenvalue weighted by atomic mass is 16.5. The zero-order valence-corrected chi connectivity index (χ0v) is 10.8. The zero-order valence-electron chi connectivity index (χ0n) is 10.8. The van der Waals surface area contributed by atoms with Gasteiger partial charge in [0.1, 0.15) is 6.10 Å². The molecule has 1 aromatic carbocycles. The third kappa shape index (κ3) is 3.02. The smallest absolute Gasteiger partial charge is 0.232 e. The first-order valence-corrected chi connectivity index (χ1v) is 6.64. The second-order valence-corrected chi connectivity index (χ2v) is 4.68. The lowest BCUT2D eigenvalue weighted by molar-refractivity contribution is 0.163. The fourth-order valence-electron chi connectivity index (χ4n) is 2.39. The van der Waals surface area contributed by atoms with Crippen LogP contribution in [0.15, 0.2) is 48.9 Å². The van der Waals surface area contributed by atoms with Crippen molar-refractivity contribution in [3.8, 4) is 5.88 Å². The number of aromatic nitrogens is 2. The van der Waals surface area contributed by atoms with E-state index in [1.165, 1.54) is 5.69 Å². The van der Waals surface area contributed by atoms with Crippen LogP contribution in [0.4, 0.5) is 5.69 Å². The van der Waals surface area contributed by atoms with Crippen molar-refractivity contribution >= 4 is 5.69 Å². The highest BCUT2D eigenvalue weighted by Gasteiger charge is 2.20. The third-order valence-corrected chi connectivity index (χ3v) is 3.39. The lowest BCUT2D eigenvalue weighted by Crippen LogP contribution is -2.38. The van der Waals surface area contributed by atoms with Gasteiger partial charge in [0.05, 0.1) is 6.20 Å². The maximum absolute atomic E-state index is 5.84. The second kappa shape index (κ2) is 5.69. The van der Waals surface area contributed by atoms with Gasteiger partial charge in [0, 0.05) is 44.0 Å². The Balaban J connectivity index is 1.55. The van der Waals surface area contributed by atoms with Crippen molar-refractivity contribution in [3.05, 3.63) is 48.9 Å². The van der Waals surface area contributed by atoms with Crippen LogP contribution in [-0.2, 0) is 0 Å². The van der Waals surface area contributed by atoms with Gasteiger partial charge in [-0.15, -0.1) is 0 Å². The quantitative estimate of drug-likeness (QED) is 0.844. The predicted octanol–water partition coefficient (Wildman–Crippen LogP) is 2.52. The summed E-state index contributed by atoms with van der Waals surface area (Å²) >= 11 is 0. The topological polar surface area (TPSA) is 38.2 Å². The summed E-state index contributed by atoms with van der Waals surface area (Å²) in [6, 6.07) is 10.5. The molecule has 4 heteroatoms. The van der Waals surface area contributed by atoms with Crippen LogP contribution in [0, 0.1) is 0 Å². The van der Waals surface area contributed by atoms with Crippen LogP contribution in [0.5, 0.6) is 5.88 Å². The van der Waals surface area contributed by atoms with Crippen LogP contribution in [0.2, 0.25) is 0 Å². The Morgan fingerprint density at radius 3 is 2.53 bits per heavy atom. The van der Waals surface area contributed by atoms with Crippen molar-refractivity contribution < 1.29 is 4.74 Å². The number of hydrogen-bond donors (Lipinski definition) is 0. The molecular weight excluding hydrogens is 238 g/mol. The van der Waals surface area contributed by atoms with E-state index in [2.05, 4.69) is 39.1 Å². The number of anilines is 1. The van der Waals surface area contributed by atoms with Gasteiger partial charge < -0.3 is 9.64 Å². The summed E-state index contributed by atoms with van der Waals surface area (Å²) in [4.78, 5) is 10.6. The molecule has 1 aromatic heterocycles. The van der Waals surface area contributed by atoms with Crippen LogP contribution in [0.3, 0.4) is 0 Å². The van der Waals surface area contributed by atoms with E-state index in [9.17, 15) is 0 Å². The summed E-state index contributed by atoms with van der Waals surface area (Å²) in [7, 11) is 0. The van der Waals surface area contributed by atoms with Crippen molar-refractivity contribution in [2.24, 2.45) is 0 Å². The molecule has 1 aliphatic rings. The third-order valence-electron chi connectivity index (χ3n) is 3.39. The molecule has 0 unspecified atom stereocenters. The summed E-state index contributed by atoms with van der Waals surface area (Å²) in [5.74, 6) is 0.626. The van der Waals surface area contributed by atoms with Crippen LogP contribution in [-0.4, -0.2) is 29.2 Å². The van der Waals surface area contributed by atoms with E-state index >= 15 is 0 Å².